The number of hydrogen-bond acceptors (Lipinski definition) is 4. The summed E-state index contributed by atoms with van der Waals surface area (Å²) in [5.74, 6) is 1.42. The van der Waals surface area contributed by atoms with Gasteiger partial charge in [0.25, 0.3) is 0 Å². The highest BCUT2D eigenvalue weighted by atomic mass is 28.4. The Morgan fingerprint density at radius 1 is 0.946 bits per heavy atom. The second kappa shape index (κ2) is 11.3. The molecule has 0 heterocycles. The predicted octanol–water partition coefficient (Wildman–Crippen LogP) is 8.68. The van der Waals surface area contributed by atoms with Crippen molar-refractivity contribution in [1.82, 2.24) is 0 Å². The molecule has 0 radical (unpaired) electrons. The number of methoxy groups -OCH3 is 1. The summed E-state index contributed by atoms with van der Waals surface area (Å²) in [6, 6.07) is 0. The summed E-state index contributed by atoms with van der Waals surface area (Å²) >= 11 is 0. The van der Waals surface area contributed by atoms with Gasteiger partial charge in [-0.25, -0.2) is 0 Å². The topological polar surface area (TPSA) is 44.8 Å². The van der Waals surface area contributed by atoms with E-state index in [1.165, 1.54) is 32.1 Å². The number of fused-ring (bicyclic) bond motifs is 1. The highest BCUT2D eigenvalue weighted by Crippen LogP contribution is 2.53. The van der Waals surface area contributed by atoms with Gasteiger partial charge in [-0.05, 0) is 61.4 Å². The van der Waals surface area contributed by atoms with Gasteiger partial charge in [0.15, 0.2) is 22.4 Å². The summed E-state index contributed by atoms with van der Waals surface area (Å²) in [5, 5.41) is 0.331. The monoisotopic (exact) mass is 550 g/mol. The van der Waals surface area contributed by atoms with Crippen LogP contribution in [0.4, 0.5) is 0 Å². The first-order valence-corrected chi connectivity index (χ1v) is 20.9. The molecule has 5 atom stereocenters. The summed E-state index contributed by atoms with van der Waals surface area (Å²) in [6.45, 7) is 23.4. The molecule has 3 saturated carbocycles. The first kappa shape index (κ1) is 31.3. The number of carbonyl (C=O) groups excluding carboxylic acids is 1. The second-order valence-electron chi connectivity index (χ2n) is 15.4. The molecule has 3 aliphatic carbocycles. The van der Waals surface area contributed by atoms with Crippen LogP contribution in [0.5, 0.6) is 0 Å². The number of Topliss-reactive ketones (excluding diaryl/α,β-unsaturated/α-hetero) is 1. The molecule has 214 valence electrons. The zero-order valence-electron chi connectivity index (χ0n) is 26.0. The van der Waals surface area contributed by atoms with Crippen molar-refractivity contribution >= 4 is 22.4 Å². The third kappa shape index (κ3) is 6.73. The normalized spacial score (nSPS) is 31.3. The van der Waals surface area contributed by atoms with Gasteiger partial charge in [0.2, 0.25) is 0 Å². The Morgan fingerprint density at radius 3 is 2.05 bits per heavy atom. The van der Waals surface area contributed by atoms with Crippen molar-refractivity contribution in [2.24, 2.45) is 17.8 Å². The first-order valence-electron chi connectivity index (χ1n) is 15.1. The maximum absolute atomic E-state index is 12.8. The van der Waals surface area contributed by atoms with E-state index in [9.17, 15) is 4.79 Å². The molecule has 0 aliphatic heterocycles. The van der Waals surface area contributed by atoms with Crippen LogP contribution in [0.15, 0.2) is 12.2 Å². The van der Waals surface area contributed by atoms with Gasteiger partial charge in [-0.3, -0.25) is 4.79 Å². The number of hydrogen-bond donors (Lipinski definition) is 0. The Hall–Kier alpha value is -0.276. The van der Waals surface area contributed by atoms with E-state index in [4.69, 9.17) is 13.6 Å². The van der Waals surface area contributed by atoms with Crippen molar-refractivity contribution in [3.05, 3.63) is 12.2 Å². The van der Waals surface area contributed by atoms with Crippen LogP contribution in [-0.4, -0.2) is 47.3 Å². The maximum atomic E-state index is 12.8. The molecule has 0 bridgehead atoms. The number of ketones is 1. The Labute approximate surface area is 230 Å². The molecule has 4 nitrogen and oxygen atoms in total. The van der Waals surface area contributed by atoms with Crippen molar-refractivity contribution in [3.63, 3.8) is 0 Å². The molecule has 0 aromatic rings. The van der Waals surface area contributed by atoms with Gasteiger partial charge in [-0.2, -0.15) is 0 Å². The van der Waals surface area contributed by atoms with E-state index in [1.54, 1.807) is 7.11 Å². The minimum Gasteiger partial charge on any atom is -0.413 e. The maximum Gasteiger partial charge on any atom is 0.192 e. The Balaban J connectivity index is 1.90. The highest BCUT2D eigenvalue weighted by Gasteiger charge is 2.62. The van der Waals surface area contributed by atoms with Gasteiger partial charge in [-0.15, -0.1) is 0 Å². The summed E-state index contributed by atoms with van der Waals surface area (Å²) in [5.41, 5.74) is -0.610. The molecule has 0 saturated heterocycles. The minimum absolute atomic E-state index is 0.132. The molecule has 3 fully saturated rings. The van der Waals surface area contributed by atoms with Gasteiger partial charge in [0, 0.05) is 25.4 Å². The lowest BCUT2D eigenvalue weighted by Gasteiger charge is -2.56. The Kier molecular flexibility index (Phi) is 9.55. The smallest absolute Gasteiger partial charge is 0.192 e. The van der Waals surface area contributed by atoms with Gasteiger partial charge in [0.05, 0.1) is 12.2 Å². The zero-order chi connectivity index (χ0) is 27.9. The summed E-state index contributed by atoms with van der Waals surface area (Å²) in [4.78, 5) is 12.8. The summed E-state index contributed by atoms with van der Waals surface area (Å²) in [6.07, 6.45) is 15.2. The Bertz CT molecular complexity index is 816. The first-order chi connectivity index (χ1) is 16.9. The summed E-state index contributed by atoms with van der Waals surface area (Å²) < 4.78 is 20.1. The molecule has 0 spiro atoms. The van der Waals surface area contributed by atoms with Gasteiger partial charge >= 0.3 is 0 Å². The molecule has 0 aromatic heterocycles. The van der Waals surface area contributed by atoms with E-state index in [2.05, 4.69) is 79.9 Å². The lowest BCUT2D eigenvalue weighted by molar-refractivity contribution is -0.190. The molecule has 0 aromatic carbocycles. The van der Waals surface area contributed by atoms with Crippen LogP contribution in [0.1, 0.15) is 99.3 Å². The standard InChI is InChI=1S/C31H58O4Si2/c1-29(2,3)36(8,9)34-24(21-23-15-13-12-14-16-23)17-18-25-26-22-28(32)31(26,33-7)20-19-27(25)35-37(10,11)30(4,5)6/h17-18,23-27H,12-16,19-22H2,1-11H3/b18-17+/t24-,25-,26-,27-,31-/m0/s1. The average molecular weight is 551 g/mol. The van der Waals surface area contributed by atoms with Crippen LogP contribution in [0, 0.1) is 17.8 Å². The van der Waals surface area contributed by atoms with E-state index < -0.39 is 22.2 Å². The largest absolute Gasteiger partial charge is 0.413 e. The molecule has 0 unspecified atom stereocenters. The van der Waals surface area contributed by atoms with Crippen LogP contribution in [0.3, 0.4) is 0 Å². The molecule has 3 aliphatic rings. The quantitative estimate of drug-likeness (QED) is 0.213. The molecule has 0 N–H and O–H groups in total. The van der Waals surface area contributed by atoms with Crippen LogP contribution in [-0.2, 0) is 18.4 Å². The van der Waals surface area contributed by atoms with Gasteiger partial charge in [-0.1, -0.05) is 85.8 Å². The molecule has 37 heavy (non-hydrogen) atoms. The van der Waals surface area contributed by atoms with E-state index in [1.807, 2.05) is 0 Å². The zero-order valence-corrected chi connectivity index (χ0v) is 28.0. The average Bonchev–Trinajstić information content (AvgIpc) is 2.77. The third-order valence-electron chi connectivity index (χ3n) is 10.9. The molecular formula is C31H58O4Si2. The predicted molar refractivity (Wildman–Crippen MR) is 160 cm³/mol. The SMILES string of the molecule is CO[C@@]12CC[C@H](O[Si](C)(C)C(C)(C)C)[C@@H](/C=C/[C@@H](CC3CCCCC3)O[Si](C)(C)C(C)(C)C)[C@@H]1CC2=O. The second-order valence-corrected chi connectivity index (χ2v) is 24.9. The molecule has 6 heteroatoms. The lowest BCUT2D eigenvalue weighted by Crippen LogP contribution is -2.65. The van der Waals surface area contributed by atoms with Crippen molar-refractivity contribution in [3.8, 4) is 0 Å². The van der Waals surface area contributed by atoms with Crippen LogP contribution >= 0.6 is 0 Å². The van der Waals surface area contributed by atoms with Crippen LogP contribution in [0.2, 0.25) is 36.3 Å². The van der Waals surface area contributed by atoms with E-state index >= 15 is 0 Å². The van der Waals surface area contributed by atoms with Gasteiger partial charge < -0.3 is 13.6 Å². The lowest BCUT2D eigenvalue weighted by atomic mass is 9.55. The van der Waals surface area contributed by atoms with E-state index in [0.717, 1.165) is 25.2 Å². The number of ether oxygens (including phenoxy) is 1. The van der Waals surface area contributed by atoms with Crippen molar-refractivity contribution < 1.29 is 18.4 Å². The fourth-order valence-corrected chi connectivity index (χ4v) is 8.91. The molecular weight excluding hydrogens is 493 g/mol. The number of carbonyl (C=O) groups is 1. The van der Waals surface area contributed by atoms with Crippen LogP contribution in [0.25, 0.3) is 0 Å². The fourth-order valence-electron chi connectivity index (χ4n) is 6.24. The minimum atomic E-state index is -1.95. The highest BCUT2D eigenvalue weighted by molar-refractivity contribution is 6.74. The number of rotatable bonds is 9. The Morgan fingerprint density at radius 2 is 1.54 bits per heavy atom. The third-order valence-corrected chi connectivity index (χ3v) is 19.9. The fraction of sp³-hybridized carbons (Fsp3) is 0.903. The van der Waals surface area contributed by atoms with Crippen LogP contribution < -0.4 is 0 Å². The summed E-state index contributed by atoms with van der Waals surface area (Å²) in [7, 11) is -2.15. The molecule has 3 rings (SSSR count). The van der Waals surface area contributed by atoms with Crippen molar-refractivity contribution in [2.75, 3.05) is 7.11 Å². The van der Waals surface area contributed by atoms with E-state index in [-0.39, 0.29) is 39.9 Å². The van der Waals surface area contributed by atoms with Crippen molar-refractivity contribution in [1.29, 1.82) is 0 Å². The van der Waals surface area contributed by atoms with Gasteiger partial charge in [0.1, 0.15) is 5.60 Å². The molecule has 0 amide bonds. The van der Waals surface area contributed by atoms with Crippen molar-refractivity contribution in [2.45, 2.75) is 153 Å². The van der Waals surface area contributed by atoms with E-state index in [0.29, 0.717) is 6.42 Å².